The van der Waals surface area contributed by atoms with Crippen LogP contribution in [0.15, 0.2) is 131 Å². The van der Waals surface area contributed by atoms with Gasteiger partial charge >= 0.3 is 88.7 Å². The van der Waals surface area contributed by atoms with Crippen molar-refractivity contribution >= 4 is 88.4 Å². The first-order valence-corrected chi connectivity index (χ1v) is 19.4. The van der Waals surface area contributed by atoms with Crippen LogP contribution in [0.2, 0.25) is 5.02 Å². The summed E-state index contributed by atoms with van der Waals surface area (Å²) in [7, 11) is -9.67. The van der Waals surface area contributed by atoms with Gasteiger partial charge in [-0.05, 0) is 108 Å². The van der Waals surface area contributed by atoms with Gasteiger partial charge in [-0.1, -0.05) is 47.4 Å². The summed E-state index contributed by atoms with van der Waals surface area (Å²) in [5.41, 5.74) is 8.78. The van der Waals surface area contributed by atoms with Gasteiger partial charge < -0.3 is 25.8 Å². The largest absolute Gasteiger partial charge is 1.00 e. The number of hydrogen-bond donors (Lipinski definition) is 3. The third kappa shape index (κ3) is 11.4. The summed E-state index contributed by atoms with van der Waals surface area (Å²) in [6, 6.07) is 20.8. The molecule has 0 saturated heterocycles. The number of hydrogen-bond acceptors (Lipinski definition) is 15. The number of carboxylic acids is 1. The Hall–Kier alpha value is -3.64. The fourth-order valence-electron chi connectivity index (χ4n) is 5.54. The number of azo groups is 3. The van der Waals surface area contributed by atoms with Crippen molar-refractivity contribution in [3.8, 4) is 22.6 Å². The van der Waals surface area contributed by atoms with Crippen molar-refractivity contribution < 1.29 is 135 Å². The summed E-state index contributed by atoms with van der Waals surface area (Å²) in [5, 5.41) is 59.9. The molecule has 60 heavy (non-hydrogen) atoms. The Morgan fingerprint density at radius 2 is 1.10 bits per heavy atom. The molecular weight excluding hydrogens is 871 g/mol. The van der Waals surface area contributed by atoms with E-state index in [4.69, 9.17) is 17.3 Å². The molecule has 0 spiro atoms. The van der Waals surface area contributed by atoms with E-state index in [0.29, 0.717) is 16.9 Å². The molecule has 0 aliphatic rings. The Balaban J connectivity index is 0.00000320. The SMILES string of the molecule is Cc1cc(-c2ccc(N=Nc3ccc4c(S(=O)(=O)O)cc(N=Nc5ccc(Cl)c(S(=O)(=O)O)c5)c(N)c4c3[O-])c(C)c2)ccc1N=Nc1ccc([O-])c(C(=O)[O-])c1.[Na+].[Na+].[Na+]. The maximum Gasteiger partial charge on any atom is 1.00 e. The number of nitrogen functional groups attached to an aromatic ring is 1. The fourth-order valence-corrected chi connectivity index (χ4v) is 7.25. The Kier molecular flexibility index (Phi) is 17.3. The van der Waals surface area contributed by atoms with E-state index >= 15 is 0 Å². The third-order valence-electron chi connectivity index (χ3n) is 8.41. The molecule has 0 radical (unpaired) electrons. The average molecular weight is 896 g/mol. The van der Waals surface area contributed by atoms with Gasteiger partial charge in [-0.25, -0.2) is 0 Å². The Morgan fingerprint density at radius 1 is 0.617 bits per heavy atom. The molecule has 17 nitrogen and oxygen atoms in total. The van der Waals surface area contributed by atoms with Crippen LogP contribution in [0.3, 0.4) is 0 Å². The van der Waals surface area contributed by atoms with Crippen molar-refractivity contribution in [3.63, 3.8) is 0 Å². The number of carbonyl (C=O) groups excluding carboxylic acids is 1. The minimum absolute atomic E-state index is 0. The summed E-state index contributed by atoms with van der Waals surface area (Å²) in [6.45, 7) is 3.58. The molecule has 0 aliphatic heterocycles. The van der Waals surface area contributed by atoms with Gasteiger partial charge in [0.15, 0.2) is 0 Å². The molecule has 290 valence electrons. The molecule has 0 unspecified atom stereocenters. The summed E-state index contributed by atoms with van der Waals surface area (Å²) in [5.74, 6) is -3.15. The minimum Gasteiger partial charge on any atom is -0.872 e. The van der Waals surface area contributed by atoms with Gasteiger partial charge in [0.2, 0.25) is 0 Å². The molecule has 6 aromatic carbocycles. The first kappa shape index (κ1) is 50.7. The maximum absolute atomic E-state index is 13.7. The number of nitrogens with zero attached hydrogens (tertiary/aromatic N) is 6. The summed E-state index contributed by atoms with van der Waals surface area (Å²) >= 11 is 5.84. The van der Waals surface area contributed by atoms with Gasteiger partial charge in [-0.15, -0.1) is 5.11 Å². The number of nitrogens with two attached hydrogens (primary N) is 1. The number of carboxylic acid groups (broad SMARTS) is 1. The number of aryl methyl sites for hydroxylation is 2. The Labute approximate surface area is 413 Å². The van der Waals surface area contributed by atoms with Crippen molar-refractivity contribution in [1.29, 1.82) is 0 Å². The van der Waals surface area contributed by atoms with E-state index in [1.807, 2.05) is 19.1 Å². The second-order valence-electron chi connectivity index (χ2n) is 12.3. The summed E-state index contributed by atoms with van der Waals surface area (Å²) < 4.78 is 67.4. The van der Waals surface area contributed by atoms with Crippen molar-refractivity contribution in [2.45, 2.75) is 23.6 Å². The number of fused-ring (bicyclic) bond motifs is 1. The van der Waals surface area contributed by atoms with Crippen LogP contribution in [0.25, 0.3) is 21.9 Å². The van der Waals surface area contributed by atoms with E-state index in [2.05, 4.69) is 30.7 Å². The van der Waals surface area contributed by atoms with Gasteiger partial charge in [0, 0.05) is 10.8 Å². The van der Waals surface area contributed by atoms with Crippen LogP contribution in [-0.2, 0) is 20.2 Å². The fraction of sp³-hybridized carbons (Fsp3) is 0.0541. The molecule has 6 aromatic rings. The van der Waals surface area contributed by atoms with Gasteiger partial charge in [0.05, 0.1) is 45.1 Å². The monoisotopic (exact) mass is 895 g/mol. The first-order valence-electron chi connectivity index (χ1n) is 16.1. The topological polar surface area (TPSA) is 295 Å². The number of carbonyl (C=O) groups is 1. The number of benzene rings is 6. The average Bonchev–Trinajstić information content (AvgIpc) is 3.14. The second kappa shape index (κ2) is 20.5. The van der Waals surface area contributed by atoms with Crippen LogP contribution in [0, 0.1) is 13.8 Å². The Morgan fingerprint density at radius 3 is 1.63 bits per heavy atom. The number of aromatic carboxylic acids is 1. The predicted octanol–water partition coefficient (Wildman–Crippen LogP) is -1.38. The van der Waals surface area contributed by atoms with E-state index < -0.39 is 53.1 Å². The van der Waals surface area contributed by atoms with Crippen molar-refractivity contribution in [2.24, 2.45) is 30.7 Å². The molecule has 0 heterocycles. The molecule has 0 saturated carbocycles. The minimum atomic E-state index is -4.95. The molecule has 0 aliphatic carbocycles. The van der Waals surface area contributed by atoms with Crippen molar-refractivity contribution in [1.82, 2.24) is 0 Å². The van der Waals surface area contributed by atoms with E-state index in [-0.39, 0.29) is 133 Å². The summed E-state index contributed by atoms with van der Waals surface area (Å²) in [6.07, 6.45) is 0. The number of anilines is 1. The molecule has 4 N–H and O–H groups in total. The maximum atomic E-state index is 13.7. The van der Waals surface area contributed by atoms with E-state index in [9.17, 15) is 46.1 Å². The predicted molar refractivity (Wildman–Crippen MR) is 203 cm³/mol. The van der Waals surface area contributed by atoms with Crippen molar-refractivity contribution in [3.05, 3.63) is 113 Å². The third-order valence-corrected chi connectivity index (χ3v) is 10.6. The van der Waals surface area contributed by atoms with Gasteiger partial charge in [0.1, 0.15) is 15.5 Å². The van der Waals surface area contributed by atoms with E-state index in [0.717, 1.165) is 47.0 Å². The number of halogens is 1. The van der Waals surface area contributed by atoms with Crippen LogP contribution in [0.5, 0.6) is 11.5 Å². The van der Waals surface area contributed by atoms with Crippen LogP contribution < -0.4 is 110 Å². The van der Waals surface area contributed by atoms with Crippen molar-refractivity contribution in [2.75, 3.05) is 5.73 Å². The normalized spacial score (nSPS) is 11.8. The zero-order valence-electron chi connectivity index (χ0n) is 32.3. The molecule has 0 atom stereocenters. The quantitative estimate of drug-likeness (QED) is 0.0623. The smallest absolute Gasteiger partial charge is 0.872 e. The van der Waals surface area contributed by atoms with Crippen LogP contribution in [0.1, 0.15) is 21.5 Å². The molecule has 6 rings (SSSR count). The van der Waals surface area contributed by atoms with Crippen LogP contribution in [-0.4, -0.2) is 31.9 Å². The number of rotatable bonds is 10. The zero-order chi connectivity index (χ0) is 41.4. The van der Waals surface area contributed by atoms with Gasteiger partial charge in [-0.3, -0.25) is 9.11 Å². The van der Waals surface area contributed by atoms with E-state index in [1.54, 1.807) is 31.2 Å². The van der Waals surface area contributed by atoms with Crippen LogP contribution >= 0.6 is 11.6 Å². The molecule has 0 aromatic heterocycles. The first-order chi connectivity index (χ1) is 26.8. The second-order valence-corrected chi connectivity index (χ2v) is 15.5. The van der Waals surface area contributed by atoms with Gasteiger partial charge in [-0.2, -0.15) is 42.4 Å². The van der Waals surface area contributed by atoms with E-state index in [1.165, 1.54) is 24.3 Å². The summed E-state index contributed by atoms with van der Waals surface area (Å²) in [4.78, 5) is 9.79. The van der Waals surface area contributed by atoms with Gasteiger partial charge in [0.25, 0.3) is 20.2 Å². The molecule has 0 bridgehead atoms. The molecule has 0 fully saturated rings. The standard InChI is InChI=1S/C37H28ClN7O10S2.3Na/c1-18-13-20(3-9-27(18)42-40-22-6-12-31(46)25(15-22)37(48)49)21-4-10-28(19(2)14-21)43-44-29-11-7-24-32(56(50,51)52)17-30(35(39)34(24)36(29)47)45-41-23-5-8-26(38)33(16-23)57(53,54)55;;;/h3-17,46-47H,39H2,1-2H3,(H,48,49)(H,50,51,52)(H,53,54,55);;;/q;3*+1/p-3. The molecule has 0 amide bonds. The molecule has 23 heteroatoms. The zero-order valence-corrected chi connectivity index (χ0v) is 40.7. The Bertz CT molecular complexity index is 2990. The molecular formula is C37H25ClN7Na3O10S2. The van der Waals surface area contributed by atoms with Crippen LogP contribution in [0.4, 0.5) is 39.8 Å².